The molecule has 0 spiro atoms. The summed E-state index contributed by atoms with van der Waals surface area (Å²) < 4.78 is 15.5. The average molecular weight is 595 g/mol. The van der Waals surface area contributed by atoms with Gasteiger partial charge in [-0.15, -0.1) is 0 Å². The fourth-order valence-corrected chi connectivity index (χ4v) is 6.66. The maximum Gasteiger partial charge on any atom is 0.120 e. The number of nitriles is 2. The summed E-state index contributed by atoms with van der Waals surface area (Å²) in [5.41, 5.74) is 8.40. The molecule has 0 saturated carbocycles. The lowest BCUT2D eigenvalue weighted by Crippen LogP contribution is -2.00. The minimum Gasteiger partial charge on any atom is -0.497 e. The Morgan fingerprint density at radius 3 is 1.28 bits per heavy atom. The van der Waals surface area contributed by atoms with Gasteiger partial charge in [0.1, 0.15) is 23.6 Å². The lowest BCUT2D eigenvalue weighted by Gasteiger charge is -2.15. The zero-order valence-electron chi connectivity index (χ0n) is 25.2. The molecule has 0 aliphatic heterocycles. The van der Waals surface area contributed by atoms with Crippen LogP contribution in [0.15, 0.2) is 121 Å². The summed E-state index contributed by atoms with van der Waals surface area (Å²) >= 11 is 0. The van der Waals surface area contributed by atoms with Crippen molar-refractivity contribution >= 4 is 43.6 Å². The predicted octanol–water partition coefficient (Wildman–Crippen LogP) is 9.31. The van der Waals surface area contributed by atoms with Crippen LogP contribution in [-0.4, -0.2) is 23.4 Å². The standard InChI is InChI=1S/C40H26N4O2/c1-45-29-15-17-33-31-7-3-5-9-35(31)43(39(33)21-29)37-19-25(11-13-27(37)23-41)26-12-14-28(24-42)38(20-26)44-36-10-6-4-8-32(36)34-18-16-30(46-2)22-40(34)44/h3-22H,1-2H3. The van der Waals surface area contributed by atoms with E-state index in [1.54, 1.807) is 14.2 Å². The van der Waals surface area contributed by atoms with Crippen molar-refractivity contribution in [3.8, 4) is 46.1 Å². The highest BCUT2D eigenvalue weighted by Gasteiger charge is 2.19. The van der Waals surface area contributed by atoms with Gasteiger partial charge in [0.15, 0.2) is 0 Å². The number of rotatable bonds is 5. The smallest absolute Gasteiger partial charge is 0.120 e. The van der Waals surface area contributed by atoms with E-state index >= 15 is 0 Å². The number of nitrogens with zero attached hydrogens (tertiary/aromatic N) is 4. The highest BCUT2D eigenvalue weighted by Crippen LogP contribution is 2.39. The Morgan fingerprint density at radius 2 is 0.870 bits per heavy atom. The maximum atomic E-state index is 10.3. The van der Waals surface area contributed by atoms with E-state index in [0.29, 0.717) is 11.1 Å². The second-order valence-corrected chi connectivity index (χ2v) is 11.2. The van der Waals surface area contributed by atoms with E-state index in [2.05, 4.69) is 69.8 Å². The topological polar surface area (TPSA) is 75.9 Å². The van der Waals surface area contributed by atoms with Crippen LogP contribution in [0.3, 0.4) is 0 Å². The van der Waals surface area contributed by atoms with Gasteiger partial charge in [-0.05, 0) is 71.8 Å². The van der Waals surface area contributed by atoms with Crippen LogP contribution >= 0.6 is 0 Å². The molecule has 0 atom stereocenters. The van der Waals surface area contributed by atoms with Crippen LogP contribution in [0.1, 0.15) is 11.1 Å². The first-order valence-electron chi connectivity index (χ1n) is 14.9. The molecule has 8 aromatic rings. The van der Waals surface area contributed by atoms with Gasteiger partial charge in [-0.3, -0.25) is 0 Å². The molecule has 0 aliphatic carbocycles. The van der Waals surface area contributed by atoms with Gasteiger partial charge in [-0.25, -0.2) is 0 Å². The van der Waals surface area contributed by atoms with Crippen LogP contribution < -0.4 is 9.47 Å². The highest BCUT2D eigenvalue weighted by molar-refractivity contribution is 6.11. The van der Waals surface area contributed by atoms with E-state index < -0.39 is 0 Å². The molecule has 0 saturated heterocycles. The predicted molar refractivity (Wildman–Crippen MR) is 183 cm³/mol. The van der Waals surface area contributed by atoms with Crippen LogP contribution in [0.2, 0.25) is 0 Å². The quantitative estimate of drug-likeness (QED) is 0.199. The summed E-state index contributed by atoms with van der Waals surface area (Å²) in [6.07, 6.45) is 0. The number of hydrogen-bond donors (Lipinski definition) is 0. The van der Waals surface area contributed by atoms with Crippen molar-refractivity contribution < 1.29 is 9.47 Å². The summed E-state index contributed by atoms with van der Waals surface area (Å²) in [6.45, 7) is 0. The molecule has 8 rings (SSSR count). The van der Waals surface area contributed by atoms with E-state index in [1.807, 2.05) is 72.8 Å². The Kier molecular flexibility index (Phi) is 6.23. The van der Waals surface area contributed by atoms with Crippen LogP contribution in [0.5, 0.6) is 11.5 Å². The van der Waals surface area contributed by atoms with Crippen molar-refractivity contribution in [3.05, 3.63) is 132 Å². The fraction of sp³-hybridized carbons (Fsp3) is 0.0500. The van der Waals surface area contributed by atoms with Crippen molar-refractivity contribution in [1.29, 1.82) is 10.5 Å². The van der Waals surface area contributed by atoms with Gasteiger partial charge >= 0.3 is 0 Å². The molecule has 0 radical (unpaired) electrons. The fourth-order valence-electron chi connectivity index (χ4n) is 6.66. The zero-order chi connectivity index (χ0) is 31.4. The second-order valence-electron chi connectivity index (χ2n) is 11.2. The summed E-state index contributed by atoms with van der Waals surface area (Å²) in [4.78, 5) is 0. The lowest BCUT2D eigenvalue weighted by atomic mass is 9.99. The number of aromatic nitrogens is 2. The molecule has 0 amide bonds. The van der Waals surface area contributed by atoms with Crippen LogP contribution in [0.4, 0.5) is 0 Å². The summed E-state index contributed by atoms with van der Waals surface area (Å²) in [5, 5.41) is 24.9. The molecule has 0 fully saturated rings. The number of hydrogen-bond acceptors (Lipinski definition) is 4. The molecule has 0 N–H and O–H groups in total. The van der Waals surface area contributed by atoms with Crippen molar-refractivity contribution in [1.82, 2.24) is 9.13 Å². The summed E-state index contributed by atoms with van der Waals surface area (Å²) in [7, 11) is 3.32. The Labute approximate surface area is 265 Å². The zero-order valence-corrected chi connectivity index (χ0v) is 25.2. The third-order valence-corrected chi connectivity index (χ3v) is 8.81. The number of benzene rings is 6. The number of methoxy groups -OCH3 is 2. The molecule has 0 aliphatic rings. The summed E-state index contributed by atoms with van der Waals surface area (Å²) in [5.74, 6) is 1.48. The van der Waals surface area contributed by atoms with Gasteiger partial charge in [0.25, 0.3) is 0 Å². The molecular weight excluding hydrogens is 568 g/mol. The molecule has 6 heteroatoms. The second kappa shape index (κ2) is 10.6. The Hall–Kier alpha value is -6.50. The third-order valence-electron chi connectivity index (χ3n) is 8.81. The average Bonchev–Trinajstić information content (AvgIpc) is 3.62. The van der Waals surface area contributed by atoms with E-state index in [0.717, 1.165) is 77.6 Å². The van der Waals surface area contributed by atoms with Crippen molar-refractivity contribution in [2.75, 3.05) is 14.2 Å². The van der Waals surface area contributed by atoms with Crippen molar-refractivity contribution in [2.24, 2.45) is 0 Å². The SMILES string of the molecule is COc1ccc2c3ccccc3n(-c3cc(-c4ccc(C#N)c(-n5c6ccccc6c6ccc(OC)cc65)c4)ccc3C#N)c2c1. The van der Waals surface area contributed by atoms with Crippen molar-refractivity contribution in [2.45, 2.75) is 0 Å². The van der Waals surface area contributed by atoms with Crippen LogP contribution in [-0.2, 0) is 0 Å². The summed E-state index contributed by atoms with van der Waals surface area (Å²) in [6, 6.07) is 45.1. The normalized spacial score (nSPS) is 11.2. The molecule has 46 heavy (non-hydrogen) atoms. The largest absolute Gasteiger partial charge is 0.497 e. The van der Waals surface area contributed by atoms with Gasteiger partial charge in [-0.2, -0.15) is 10.5 Å². The third kappa shape index (κ3) is 4.02. The molecule has 2 heterocycles. The maximum absolute atomic E-state index is 10.3. The van der Waals surface area contributed by atoms with Gasteiger partial charge in [0, 0.05) is 33.7 Å². The minimum atomic E-state index is 0.553. The molecule has 0 bridgehead atoms. The van der Waals surface area contributed by atoms with E-state index in [-0.39, 0.29) is 0 Å². The van der Waals surface area contributed by atoms with Crippen LogP contribution in [0, 0.1) is 22.7 Å². The number of fused-ring (bicyclic) bond motifs is 6. The molecular formula is C40H26N4O2. The van der Waals surface area contributed by atoms with Crippen molar-refractivity contribution in [3.63, 3.8) is 0 Å². The van der Waals surface area contributed by atoms with Gasteiger partial charge in [-0.1, -0.05) is 48.5 Å². The number of para-hydroxylation sites is 2. The number of ether oxygens (including phenoxy) is 2. The molecule has 6 aromatic carbocycles. The first-order valence-corrected chi connectivity index (χ1v) is 14.9. The van der Waals surface area contributed by atoms with Gasteiger partial charge in [0.05, 0.1) is 58.8 Å². The molecule has 218 valence electrons. The minimum absolute atomic E-state index is 0.553. The van der Waals surface area contributed by atoms with E-state index in [9.17, 15) is 10.5 Å². The van der Waals surface area contributed by atoms with Gasteiger partial charge < -0.3 is 18.6 Å². The Bertz CT molecular complexity index is 2410. The highest BCUT2D eigenvalue weighted by atomic mass is 16.5. The first kappa shape index (κ1) is 27.1. The Morgan fingerprint density at radius 1 is 0.457 bits per heavy atom. The van der Waals surface area contributed by atoms with Crippen LogP contribution in [0.25, 0.3) is 66.1 Å². The van der Waals surface area contributed by atoms with E-state index in [1.165, 1.54) is 0 Å². The molecule has 6 nitrogen and oxygen atoms in total. The molecule has 0 unspecified atom stereocenters. The van der Waals surface area contributed by atoms with E-state index in [4.69, 9.17) is 9.47 Å². The van der Waals surface area contributed by atoms with Gasteiger partial charge in [0.2, 0.25) is 0 Å². The monoisotopic (exact) mass is 594 g/mol. The first-order chi connectivity index (χ1) is 22.6. The molecule has 2 aromatic heterocycles. The Balaban J connectivity index is 1.39. The lowest BCUT2D eigenvalue weighted by molar-refractivity contribution is 0.415.